The zero-order chi connectivity index (χ0) is 17.8. The summed E-state index contributed by atoms with van der Waals surface area (Å²) in [5.74, 6) is 0.430. The Morgan fingerprint density at radius 1 is 0.808 bits per heavy atom. The highest BCUT2D eigenvalue weighted by Crippen LogP contribution is 2.16. The smallest absolute Gasteiger partial charge is 0.255 e. The first-order valence-electron chi connectivity index (χ1n) is 8.22. The Hall–Kier alpha value is -3.73. The third-order valence-corrected chi connectivity index (χ3v) is 3.97. The number of amides is 1. The lowest BCUT2D eigenvalue weighted by Gasteiger charge is -2.07. The van der Waals surface area contributed by atoms with Gasteiger partial charge in [-0.3, -0.25) is 4.79 Å². The van der Waals surface area contributed by atoms with Crippen LogP contribution in [0.5, 0.6) is 0 Å². The molecule has 5 heteroatoms. The zero-order valence-electron chi connectivity index (χ0n) is 13.9. The molecule has 2 aromatic heterocycles. The number of rotatable bonds is 4. The monoisotopic (exact) mass is 340 g/mol. The fourth-order valence-corrected chi connectivity index (χ4v) is 2.62. The van der Waals surface area contributed by atoms with Crippen molar-refractivity contribution >= 4 is 11.6 Å². The van der Waals surface area contributed by atoms with Crippen molar-refractivity contribution in [2.24, 2.45) is 0 Å². The van der Waals surface area contributed by atoms with Crippen LogP contribution < -0.4 is 5.32 Å². The molecule has 0 unspecified atom stereocenters. The molecule has 126 valence electrons. The highest BCUT2D eigenvalue weighted by molar-refractivity contribution is 6.04. The van der Waals surface area contributed by atoms with E-state index in [1.165, 1.54) is 0 Å². The summed E-state index contributed by atoms with van der Waals surface area (Å²) in [5, 5.41) is 2.82. The molecule has 0 aliphatic rings. The Morgan fingerprint density at radius 3 is 2.12 bits per heavy atom. The molecular weight excluding hydrogens is 324 g/mol. The lowest BCUT2D eigenvalue weighted by Crippen LogP contribution is -2.12. The molecule has 1 amide bonds. The van der Waals surface area contributed by atoms with Gasteiger partial charge in [-0.15, -0.1) is 0 Å². The van der Waals surface area contributed by atoms with Crippen LogP contribution in [0.15, 0.2) is 91.5 Å². The van der Waals surface area contributed by atoms with Crippen LogP contribution in [0.3, 0.4) is 0 Å². The summed E-state index contributed by atoms with van der Waals surface area (Å²) in [6.07, 6.45) is 7.14. The van der Waals surface area contributed by atoms with Gasteiger partial charge in [0.15, 0.2) is 5.82 Å². The third-order valence-electron chi connectivity index (χ3n) is 3.97. The average molecular weight is 340 g/mol. The van der Waals surface area contributed by atoms with Crippen LogP contribution in [0, 0.1) is 0 Å². The SMILES string of the molecule is O=C(Nc1cnc(-c2ccccc2)nc1)c1ccc(-n2cccc2)cc1. The molecule has 4 aromatic rings. The molecule has 0 saturated carbocycles. The molecule has 2 aromatic carbocycles. The highest BCUT2D eigenvalue weighted by atomic mass is 16.1. The Labute approximate surface area is 151 Å². The molecule has 0 bridgehead atoms. The number of nitrogens with zero attached hydrogens (tertiary/aromatic N) is 3. The van der Waals surface area contributed by atoms with Gasteiger partial charge in [0.1, 0.15) is 0 Å². The second-order valence-electron chi connectivity index (χ2n) is 5.75. The van der Waals surface area contributed by atoms with Gasteiger partial charge in [-0.1, -0.05) is 30.3 Å². The number of aromatic nitrogens is 3. The van der Waals surface area contributed by atoms with Gasteiger partial charge in [0.05, 0.1) is 18.1 Å². The summed E-state index contributed by atoms with van der Waals surface area (Å²) in [6, 6.07) is 21.0. The fraction of sp³-hybridized carbons (Fsp3) is 0. The van der Waals surface area contributed by atoms with E-state index in [9.17, 15) is 4.79 Å². The summed E-state index contributed by atoms with van der Waals surface area (Å²) in [6.45, 7) is 0. The number of hydrogen-bond donors (Lipinski definition) is 1. The van der Waals surface area contributed by atoms with Crippen LogP contribution in [0.1, 0.15) is 10.4 Å². The van der Waals surface area contributed by atoms with E-state index in [-0.39, 0.29) is 5.91 Å². The summed E-state index contributed by atoms with van der Waals surface area (Å²) in [4.78, 5) is 21.0. The molecule has 5 nitrogen and oxygen atoms in total. The van der Waals surface area contributed by atoms with Gasteiger partial charge in [0.25, 0.3) is 5.91 Å². The number of carbonyl (C=O) groups is 1. The maximum Gasteiger partial charge on any atom is 0.255 e. The van der Waals surface area contributed by atoms with Crippen LogP contribution in [0.2, 0.25) is 0 Å². The largest absolute Gasteiger partial charge is 0.324 e. The molecule has 0 atom stereocenters. The van der Waals surface area contributed by atoms with E-state index in [1.807, 2.05) is 71.6 Å². The van der Waals surface area contributed by atoms with E-state index in [0.29, 0.717) is 17.1 Å². The standard InChI is InChI=1S/C21H16N4O/c26-21(17-8-10-19(11-9-17)25-12-4-5-13-25)24-18-14-22-20(23-15-18)16-6-2-1-3-7-16/h1-15H,(H,24,26). The van der Waals surface area contributed by atoms with E-state index in [2.05, 4.69) is 15.3 Å². The molecule has 1 N–H and O–H groups in total. The minimum Gasteiger partial charge on any atom is -0.324 e. The van der Waals surface area contributed by atoms with E-state index >= 15 is 0 Å². The minimum absolute atomic E-state index is 0.194. The van der Waals surface area contributed by atoms with Crippen molar-refractivity contribution in [2.75, 3.05) is 5.32 Å². The van der Waals surface area contributed by atoms with Crippen LogP contribution in [0.25, 0.3) is 17.1 Å². The molecule has 0 radical (unpaired) electrons. The summed E-state index contributed by atoms with van der Waals surface area (Å²) < 4.78 is 1.98. The molecular formula is C21H16N4O. The molecule has 0 aliphatic heterocycles. The minimum atomic E-state index is -0.194. The van der Waals surface area contributed by atoms with Crippen molar-refractivity contribution in [2.45, 2.75) is 0 Å². The van der Waals surface area contributed by atoms with Crippen molar-refractivity contribution in [3.63, 3.8) is 0 Å². The Morgan fingerprint density at radius 2 is 1.46 bits per heavy atom. The second kappa shape index (κ2) is 7.03. The van der Waals surface area contributed by atoms with Gasteiger partial charge in [-0.05, 0) is 36.4 Å². The molecule has 4 rings (SSSR count). The summed E-state index contributed by atoms with van der Waals surface area (Å²) >= 11 is 0. The molecule has 26 heavy (non-hydrogen) atoms. The maximum atomic E-state index is 12.4. The fourth-order valence-electron chi connectivity index (χ4n) is 2.62. The number of benzene rings is 2. The van der Waals surface area contributed by atoms with Gasteiger partial charge in [-0.25, -0.2) is 9.97 Å². The molecule has 0 aliphatic carbocycles. The molecule has 0 spiro atoms. The van der Waals surface area contributed by atoms with Crippen LogP contribution in [-0.2, 0) is 0 Å². The molecule has 2 heterocycles. The normalized spacial score (nSPS) is 10.5. The zero-order valence-corrected chi connectivity index (χ0v) is 13.9. The van der Waals surface area contributed by atoms with E-state index in [1.54, 1.807) is 24.5 Å². The van der Waals surface area contributed by atoms with Crippen molar-refractivity contribution in [1.29, 1.82) is 0 Å². The van der Waals surface area contributed by atoms with Gasteiger partial charge in [0.2, 0.25) is 0 Å². The van der Waals surface area contributed by atoms with Crippen molar-refractivity contribution < 1.29 is 4.79 Å². The van der Waals surface area contributed by atoms with Crippen molar-refractivity contribution in [3.8, 4) is 17.1 Å². The predicted molar refractivity (Wildman–Crippen MR) is 101 cm³/mol. The van der Waals surface area contributed by atoms with Crippen molar-refractivity contribution in [3.05, 3.63) is 97.1 Å². The molecule has 0 saturated heterocycles. The first-order chi connectivity index (χ1) is 12.8. The Balaban J connectivity index is 1.46. The number of nitrogens with one attached hydrogen (secondary N) is 1. The lowest BCUT2D eigenvalue weighted by molar-refractivity contribution is 0.102. The maximum absolute atomic E-state index is 12.4. The van der Waals surface area contributed by atoms with Gasteiger partial charge < -0.3 is 9.88 Å². The third kappa shape index (κ3) is 3.37. The van der Waals surface area contributed by atoms with Gasteiger partial charge >= 0.3 is 0 Å². The number of anilines is 1. The summed E-state index contributed by atoms with van der Waals surface area (Å²) in [7, 11) is 0. The van der Waals surface area contributed by atoms with E-state index < -0.39 is 0 Å². The first-order valence-corrected chi connectivity index (χ1v) is 8.22. The van der Waals surface area contributed by atoms with E-state index in [0.717, 1.165) is 11.3 Å². The number of hydrogen-bond acceptors (Lipinski definition) is 3. The van der Waals surface area contributed by atoms with Gasteiger partial charge in [0, 0.05) is 29.2 Å². The van der Waals surface area contributed by atoms with Crippen LogP contribution in [0.4, 0.5) is 5.69 Å². The average Bonchev–Trinajstić information content (AvgIpc) is 3.24. The van der Waals surface area contributed by atoms with E-state index in [4.69, 9.17) is 0 Å². The van der Waals surface area contributed by atoms with Crippen LogP contribution in [-0.4, -0.2) is 20.4 Å². The van der Waals surface area contributed by atoms with Crippen molar-refractivity contribution in [1.82, 2.24) is 14.5 Å². The number of carbonyl (C=O) groups excluding carboxylic acids is 1. The quantitative estimate of drug-likeness (QED) is 0.606. The molecule has 0 fully saturated rings. The Bertz CT molecular complexity index is 992. The predicted octanol–water partition coefficient (Wildman–Crippen LogP) is 4.19. The van der Waals surface area contributed by atoms with Crippen LogP contribution >= 0.6 is 0 Å². The summed E-state index contributed by atoms with van der Waals surface area (Å²) in [5.41, 5.74) is 3.07. The second-order valence-corrected chi connectivity index (χ2v) is 5.75. The Kier molecular flexibility index (Phi) is 4.26. The lowest BCUT2D eigenvalue weighted by atomic mass is 10.2. The highest BCUT2D eigenvalue weighted by Gasteiger charge is 2.08. The topological polar surface area (TPSA) is 59.8 Å². The van der Waals surface area contributed by atoms with Gasteiger partial charge in [-0.2, -0.15) is 0 Å². The first kappa shape index (κ1) is 15.8.